The maximum Gasteiger partial charge on any atom is 0.254 e. The van der Waals surface area contributed by atoms with Gasteiger partial charge < -0.3 is 9.80 Å². The predicted octanol–water partition coefficient (Wildman–Crippen LogP) is 3.19. The molecule has 0 aliphatic carbocycles. The summed E-state index contributed by atoms with van der Waals surface area (Å²) in [5, 5.41) is 0.572. The van der Waals surface area contributed by atoms with Crippen LogP contribution in [0.4, 0.5) is 5.82 Å². The number of halogens is 1. The summed E-state index contributed by atoms with van der Waals surface area (Å²) in [6, 6.07) is 7.58. The summed E-state index contributed by atoms with van der Waals surface area (Å²) in [6.45, 7) is 6.22. The van der Waals surface area contributed by atoms with Crippen LogP contribution in [0.5, 0.6) is 0 Å². The number of nitrogens with zero attached hydrogens (tertiary/aromatic N) is 4. The smallest absolute Gasteiger partial charge is 0.254 e. The first kappa shape index (κ1) is 15.4. The van der Waals surface area contributed by atoms with E-state index >= 15 is 0 Å². The van der Waals surface area contributed by atoms with Crippen molar-refractivity contribution in [1.82, 2.24) is 14.9 Å². The molecule has 0 N–H and O–H groups in total. The van der Waals surface area contributed by atoms with Crippen LogP contribution in [0.3, 0.4) is 0 Å². The molecule has 1 atom stereocenters. The fourth-order valence-electron chi connectivity index (χ4n) is 3.37. The van der Waals surface area contributed by atoms with E-state index < -0.39 is 0 Å². The average molecular weight is 343 g/mol. The van der Waals surface area contributed by atoms with Crippen LogP contribution in [0.1, 0.15) is 40.8 Å². The minimum absolute atomic E-state index is 0.0178. The summed E-state index contributed by atoms with van der Waals surface area (Å²) in [6.07, 6.45) is 1.18. The van der Waals surface area contributed by atoms with Gasteiger partial charge in [0.1, 0.15) is 11.6 Å². The van der Waals surface area contributed by atoms with E-state index in [0.29, 0.717) is 29.7 Å². The van der Waals surface area contributed by atoms with Crippen LogP contribution in [0.15, 0.2) is 24.3 Å². The standard InChI is InChI=1S/C18H19ClN4O/c1-11-6-7-23(11)17-15-9-22(10-16(15)20-12(2)21-17)18(24)13-4-3-5-14(19)8-13/h3-5,8,11H,6-7,9-10H2,1-2H3/t11-/m1/s1. The lowest BCUT2D eigenvalue weighted by molar-refractivity contribution is 0.0750. The molecule has 124 valence electrons. The molecule has 2 aliphatic heterocycles. The number of aryl methyl sites for hydroxylation is 1. The Balaban J connectivity index is 1.64. The molecule has 1 aromatic carbocycles. The topological polar surface area (TPSA) is 49.3 Å². The quantitative estimate of drug-likeness (QED) is 0.841. The van der Waals surface area contributed by atoms with Crippen molar-refractivity contribution in [3.05, 3.63) is 51.9 Å². The summed E-state index contributed by atoms with van der Waals surface area (Å²) >= 11 is 6.02. The van der Waals surface area contributed by atoms with Gasteiger partial charge in [0.15, 0.2) is 0 Å². The Morgan fingerprint density at radius 1 is 1.29 bits per heavy atom. The zero-order valence-electron chi connectivity index (χ0n) is 13.8. The Hall–Kier alpha value is -2.14. The Morgan fingerprint density at radius 3 is 2.79 bits per heavy atom. The molecule has 6 heteroatoms. The van der Waals surface area contributed by atoms with Crippen molar-refractivity contribution in [2.45, 2.75) is 39.4 Å². The van der Waals surface area contributed by atoms with Gasteiger partial charge in [0.25, 0.3) is 5.91 Å². The first-order chi connectivity index (χ1) is 11.5. The number of fused-ring (bicyclic) bond motifs is 1. The molecule has 1 amide bonds. The second-order valence-corrected chi connectivity index (χ2v) is 6.96. The van der Waals surface area contributed by atoms with Gasteiger partial charge in [0.2, 0.25) is 0 Å². The van der Waals surface area contributed by atoms with Gasteiger partial charge in [-0.15, -0.1) is 0 Å². The molecule has 1 saturated heterocycles. The highest BCUT2D eigenvalue weighted by atomic mass is 35.5. The fourth-order valence-corrected chi connectivity index (χ4v) is 3.56. The van der Waals surface area contributed by atoms with Crippen LogP contribution in [0.2, 0.25) is 5.02 Å². The number of hydrogen-bond acceptors (Lipinski definition) is 4. The maximum absolute atomic E-state index is 12.8. The molecule has 24 heavy (non-hydrogen) atoms. The number of carbonyl (C=O) groups is 1. The zero-order valence-corrected chi connectivity index (χ0v) is 14.5. The van der Waals surface area contributed by atoms with Crippen LogP contribution in [-0.4, -0.2) is 33.4 Å². The third-order valence-corrected chi connectivity index (χ3v) is 5.06. The van der Waals surface area contributed by atoms with Crippen molar-refractivity contribution in [3.63, 3.8) is 0 Å². The Morgan fingerprint density at radius 2 is 2.12 bits per heavy atom. The zero-order chi connectivity index (χ0) is 16.8. The molecule has 5 nitrogen and oxygen atoms in total. The molecule has 1 aromatic heterocycles. The fraction of sp³-hybridized carbons (Fsp3) is 0.389. The van der Waals surface area contributed by atoms with Crippen molar-refractivity contribution in [3.8, 4) is 0 Å². The van der Waals surface area contributed by atoms with Gasteiger partial charge in [-0.3, -0.25) is 4.79 Å². The van der Waals surface area contributed by atoms with E-state index in [9.17, 15) is 4.79 Å². The van der Waals surface area contributed by atoms with E-state index in [2.05, 4.69) is 21.8 Å². The van der Waals surface area contributed by atoms with Gasteiger partial charge in [-0.25, -0.2) is 9.97 Å². The number of hydrogen-bond donors (Lipinski definition) is 0. The first-order valence-electron chi connectivity index (χ1n) is 8.21. The van der Waals surface area contributed by atoms with Crippen LogP contribution in [0, 0.1) is 6.92 Å². The molecular formula is C18H19ClN4O. The Bertz CT molecular complexity index is 823. The second-order valence-electron chi connectivity index (χ2n) is 6.52. The Kier molecular flexibility index (Phi) is 3.68. The maximum atomic E-state index is 12.8. The molecule has 4 rings (SSSR count). The number of amides is 1. The number of rotatable bonds is 2. The van der Waals surface area contributed by atoms with Crippen molar-refractivity contribution in [2.24, 2.45) is 0 Å². The van der Waals surface area contributed by atoms with E-state index in [1.807, 2.05) is 11.8 Å². The number of anilines is 1. The third kappa shape index (κ3) is 2.53. The van der Waals surface area contributed by atoms with E-state index in [1.165, 1.54) is 6.42 Å². The largest absolute Gasteiger partial charge is 0.353 e. The van der Waals surface area contributed by atoms with Gasteiger partial charge in [-0.1, -0.05) is 17.7 Å². The molecule has 0 spiro atoms. The molecular weight excluding hydrogens is 324 g/mol. The van der Waals surface area contributed by atoms with Crippen molar-refractivity contribution >= 4 is 23.3 Å². The summed E-state index contributed by atoms with van der Waals surface area (Å²) in [5.74, 6) is 1.74. The summed E-state index contributed by atoms with van der Waals surface area (Å²) in [5.41, 5.74) is 2.66. The lowest BCUT2D eigenvalue weighted by Crippen LogP contribution is -2.46. The first-order valence-corrected chi connectivity index (χ1v) is 8.58. The predicted molar refractivity (Wildman–Crippen MR) is 93.2 cm³/mol. The highest BCUT2D eigenvalue weighted by molar-refractivity contribution is 6.30. The normalized spacial score (nSPS) is 19.2. The van der Waals surface area contributed by atoms with Crippen LogP contribution in [-0.2, 0) is 13.1 Å². The lowest BCUT2D eigenvalue weighted by Gasteiger charge is -2.40. The van der Waals surface area contributed by atoms with Gasteiger partial charge in [0.05, 0.1) is 18.8 Å². The minimum Gasteiger partial charge on any atom is -0.353 e. The molecule has 0 radical (unpaired) electrons. The van der Waals surface area contributed by atoms with Gasteiger partial charge in [0, 0.05) is 28.7 Å². The third-order valence-electron chi connectivity index (χ3n) is 4.82. The SMILES string of the molecule is Cc1nc2c(c(N3CC[C@H]3C)n1)CN(C(=O)c1cccc(Cl)c1)C2. The monoisotopic (exact) mass is 342 g/mol. The molecule has 0 bridgehead atoms. The number of aromatic nitrogens is 2. The van der Waals surface area contributed by atoms with E-state index in [0.717, 1.165) is 29.4 Å². The van der Waals surface area contributed by atoms with Gasteiger partial charge in [-0.05, 0) is 38.5 Å². The molecule has 1 fully saturated rings. The Labute approximate surface area is 146 Å². The summed E-state index contributed by atoms with van der Waals surface area (Å²) in [4.78, 5) is 26.1. The molecule has 3 heterocycles. The van der Waals surface area contributed by atoms with Crippen LogP contribution >= 0.6 is 11.6 Å². The van der Waals surface area contributed by atoms with E-state index in [-0.39, 0.29) is 5.91 Å². The van der Waals surface area contributed by atoms with E-state index in [1.54, 1.807) is 24.3 Å². The summed E-state index contributed by atoms with van der Waals surface area (Å²) < 4.78 is 0. The van der Waals surface area contributed by atoms with Gasteiger partial charge >= 0.3 is 0 Å². The summed E-state index contributed by atoms with van der Waals surface area (Å²) in [7, 11) is 0. The van der Waals surface area contributed by atoms with Gasteiger partial charge in [-0.2, -0.15) is 0 Å². The minimum atomic E-state index is -0.0178. The second kappa shape index (κ2) is 5.74. The van der Waals surface area contributed by atoms with E-state index in [4.69, 9.17) is 11.6 Å². The van der Waals surface area contributed by atoms with Crippen molar-refractivity contribution < 1.29 is 4.79 Å². The molecule has 0 unspecified atom stereocenters. The van der Waals surface area contributed by atoms with Crippen LogP contribution in [0.25, 0.3) is 0 Å². The molecule has 2 aromatic rings. The number of carbonyl (C=O) groups excluding carboxylic acids is 1. The van der Waals surface area contributed by atoms with Crippen molar-refractivity contribution in [2.75, 3.05) is 11.4 Å². The molecule has 2 aliphatic rings. The van der Waals surface area contributed by atoms with Crippen LogP contribution < -0.4 is 4.90 Å². The number of benzene rings is 1. The molecule has 0 saturated carbocycles. The van der Waals surface area contributed by atoms with Crippen molar-refractivity contribution in [1.29, 1.82) is 0 Å². The average Bonchev–Trinajstić information content (AvgIpc) is 2.96. The highest BCUT2D eigenvalue weighted by Crippen LogP contribution is 2.34. The highest BCUT2D eigenvalue weighted by Gasteiger charge is 2.34. The lowest BCUT2D eigenvalue weighted by atomic mass is 10.0.